The second kappa shape index (κ2) is 5.04. The van der Waals surface area contributed by atoms with Crippen LogP contribution in [-0.2, 0) is 16.4 Å². The van der Waals surface area contributed by atoms with Crippen LogP contribution in [0.5, 0.6) is 0 Å². The van der Waals surface area contributed by atoms with Gasteiger partial charge in [0, 0.05) is 17.0 Å². The first-order valence-corrected chi connectivity index (χ1v) is 9.09. The van der Waals surface area contributed by atoms with E-state index in [0.717, 1.165) is 17.9 Å². The Hall–Kier alpha value is -0.830. The number of hydrogen-bond acceptors (Lipinski definition) is 2. The van der Waals surface area contributed by atoms with E-state index in [4.69, 9.17) is 0 Å². The predicted molar refractivity (Wildman–Crippen MR) is 82.4 cm³/mol. The van der Waals surface area contributed by atoms with Gasteiger partial charge in [0.25, 0.3) is 0 Å². The van der Waals surface area contributed by atoms with Crippen molar-refractivity contribution in [1.29, 1.82) is 0 Å². The number of benzene rings is 1. The van der Waals surface area contributed by atoms with Gasteiger partial charge in [-0.15, -0.1) is 0 Å². The van der Waals surface area contributed by atoms with Gasteiger partial charge in [-0.3, -0.25) is 4.21 Å². The summed E-state index contributed by atoms with van der Waals surface area (Å²) >= 11 is 0. The maximum atomic E-state index is 13.0. The highest BCUT2D eigenvalue weighted by molar-refractivity contribution is 8.03. The van der Waals surface area contributed by atoms with Crippen LogP contribution in [0.25, 0.3) is 0 Å². The van der Waals surface area contributed by atoms with Gasteiger partial charge in [-0.25, -0.2) is 0 Å². The van der Waals surface area contributed by atoms with E-state index in [2.05, 4.69) is 51.2 Å². The Labute approximate surface area is 112 Å². The Balaban J connectivity index is 2.37. The zero-order chi connectivity index (χ0) is 13.3. The number of fused-ring (bicyclic) bond motifs is 1. The molecule has 0 aromatic heterocycles. The molecular weight excluding hydrogens is 242 g/mol. The Morgan fingerprint density at radius 3 is 2.61 bits per heavy atom. The summed E-state index contributed by atoms with van der Waals surface area (Å²) in [7, 11) is -2.05. The number of nitrogens with one attached hydrogen (secondary N) is 1. The first-order valence-electron chi connectivity index (χ1n) is 6.94. The molecule has 0 unspecified atom stereocenters. The lowest BCUT2D eigenvalue weighted by molar-refractivity contribution is 0.620. The van der Waals surface area contributed by atoms with E-state index in [9.17, 15) is 4.21 Å². The number of rotatable bonds is 3. The highest BCUT2D eigenvalue weighted by Crippen LogP contribution is 2.33. The van der Waals surface area contributed by atoms with Crippen molar-refractivity contribution in [2.75, 3.05) is 16.8 Å². The molecule has 1 N–H and O–H groups in total. The van der Waals surface area contributed by atoms with Crippen molar-refractivity contribution in [2.45, 2.75) is 45.4 Å². The van der Waals surface area contributed by atoms with Crippen LogP contribution in [-0.4, -0.2) is 27.0 Å². The average molecular weight is 267 g/mol. The van der Waals surface area contributed by atoms with Crippen molar-refractivity contribution in [3.63, 3.8) is 0 Å². The number of hydrogen-bond donors (Lipinski definition) is 2. The van der Waals surface area contributed by atoms with Crippen LogP contribution in [0.3, 0.4) is 0 Å². The molecule has 0 amide bonds. The Kier molecular flexibility index (Phi) is 3.81. The summed E-state index contributed by atoms with van der Waals surface area (Å²) in [6.45, 7) is 8.46. The Morgan fingerprint density at radius 1 is 1.33 bits per heavy atom. The van der Waals surface area contributed by atoms with Gasteiger partial charge in [0.05, 0.1) is 0 Å². The van der Waals surface area contributed by atoms with Crippen molar-refractivity contribution in [1.82, 2.24) is 0 Å². The van der Waals surface area contributed by atoms with Crippen molar-refractivity contribution in [3.05, 3.63) is 29.3 Å². The van der Waals surface area contributed by atoms with Crippen molar-refractivity contribution in [2.24, 2.45) is 0 Å². The molecule has 1 aliphatic heterocycles. The maximum Gasteiger partial charge on any atom is 0.0405 e. The molecule has 0 radical (unpaired) electrons. The molecule has 0 spiro atoms. The van der Waals surface area contributed by atoms with Gasteiger partial charge in [0.2, 0.25) is 0 Å². The van der Waals surface area contributed by atoms with E-state index in [1.165, 1.54) is 16.8 Å². The molecule has 102 valence electrons. The molecule has 3 heteroatoms. The summed E-state index contributed by atoms with van der Waals surface area (Å²) in [5, 5.41) is 3.87. The third kappa shape index (κ3) is 2.20. The third-order valence-corrected chi connectivity index (χ3v) is 8.39. The molecular formula is C15H25NOS. The van der Waals surface area contributed by atoms with Crippen molar-refractivity contribution < 1.29 is 4.21 Å². The molecule has 0 bridgehead atoms. The highest BCUT2D eigenvalue weighted by atomic mass is 32.2. The van der Waals surface area contributed by atoms with E-state index in [0.29, 0.717) is 11.3 Å². The molecule has 1 aliphatic rings. The zero-order valence-electron chi connectivity index (χ0n) is 11.9. The van der Waals surface area contributed by atoms with Crippen LogP contribution in [0.1, 0.15) is 31.9 Å². The maximum absolute atomic E-state index is 13.0. The van der Waals surface area contributed by atoms with Crippen LogP contribution < -0.4 is 5.32 Å². The molecule has 0 saturated carbocycles. The highest BCUT2D eigenvalue weighted by Gasteiger charge is 2.33. The molecule has 2 rings (SSSR count). The summed E-state index contributed by atoms with van der Waals surface area (Å²) < 4.78 is 13.0. The minimum Gasteiger partial charge on any atom is -0.381 e. The third-order valence-electron chi connectivity index (χ3n) is 4.41. The van der Waals surface area contributed by atoms with E-state index >= 15 is 0 Å². The second-order valence-electron chi connectivity index (χ2n) is 5.40. The van der Waals surface area contributed by atoms with E-state index in [-0.39, 0.29) is 0 Å². The molecule has 0 aliphatic carbocycles. The number of anilines is 1. The fourth-order valence-corrected chi connectivity index (χ4v) is 5.90. The van der Waals surface area contributed by atoms with Gasteiger partial charge >= 0.3 is 0 Å². The molecule has 2 atom stereocenters. The predicted octanol–water partition coefficient (Wildman–Crippen LogP) is 2.78. The molecule has 2 nitrogen and oxygen atoms in total. The van der Waals surface area contributed by atoms with Gasteiger partial charge in [-0.2, -0.15) is 0 Å². The van der Waals surface area contributed by atoms with Crippen LogP contribution in [0.2, 0.25) is 0 Å². The topological polar surface area (TPSA) is 29.1 Å². The minimum absolute atomic E-state index is 0.293. The smallest absolute Gasteiger partial charge is 0.0405 e. The summed E-state index contributed by atoms with van der Waals surface area (Å²) in [5.41, 5.74) is 3.89. The van der Waals surface area contributed by atoms with Crippen LogP contribution >= 0.6 is 0 Å². The lowest BCUT2D eigenvalue weighted by Crippen LogP contribution is -2.47. The van der Waals surface area contributed by atoms with E-state index in [1.807, 2.05) is 0 Å². The summed E-state index contributed by atoms with van der Waals surface area (Å²) in [6, 6.07) is 6.72. The monoisotopic (exact) mass is 267 g/mol. The minimum atomic E-state index is -2.05. The summed E-state index contributed by atoms with van der Waals surface area (Å²) in [6.07, 6.45) is 0.962. The van der Waals surface area contributed by atoms with Gasteiger partial charge in [0.1, 0.15) is 0 Å². The standard InChI is InChI=1S/C15H25NOS/c1-5-18(17,6-2)14-10-13-9-7-8-11(3)15(13)16-12(14)4/h7-9,12,14,16,18H,5-6,10H2,1-4H3/t12-,14-/m1/s1. The fraction of sp³-hybridized carbons (Fsp3) is 0.600. The molecule has 1 aromatic carbocycles. The largest absolute Gasteiger partial charge is 0.381 e. The Morgan fingerprint density at radius 2 is 2.00 bits per heavy atom. The number of aryl methyl sites for hydroxylation is 1. The summed E-state index contributed by atoms with van der Waals surface area (Å²) in [5.74, 6) is 1.64. The van der Waals surface area contributed by atoms with Gasteiger partial charge < -0.3 is 5.32 Å². The van der Waals surface area contributed by atoms with Gasteiger partial charge in [-0.1, -0.05) is 42.0 Å². The quantitative estimate of drug-likeness (QED) is 0.825. The number of para-hydroxylation sites is 1. The van der Waals surface area contributed by atoms with Crippen molar-refractivity contribution >= 4 is 15.6 Å². The SMILES string of the molecule is CC[SH](=O)(CC)[C@@H]1Cc2cccc(C)c2N[C@@H]1C. The van der Waals surface area contributed by atoms with E-state index in [1.54, 1.807) is 0 Å². The first-order chi connectivity index (χ1) is 8.51. The van der Waals surface area contributed by atoms with Crippen LogP contribution in [0.4, 0.5) is 5.69 Å². The number of thiol groups is 1. The molecule has 0 fully saturated rings. The van der Waals surface area contributed by atoms with Crippen LogP contribution in [0.15, 0.2) is 18.2 Å². The first kappa shape index (κ1) is 13.6. The average Bonchev–Trinajstić information content (AvgIpc) is 2.38. The fourth-order valence-electron chi connectivity index (χ4n) is 3.10. The summed E-state index contributed by atoms with van der Waals surface area (Å²) in [4.78, 5) is 0. The van der Waals surface area contributed by atoms with E-state index < -0.39 is 9.93 Å². The molecule has 1 heterocycles. The lowest BCUT2D eigenvalue weighted by atomic mass is 9.96. The van der Waals surface area contributed by atoms with Crippen LogP contribution in [0, 0.1) is 6.92 Å². The van der Waals surface area contributed by atoms with Gasteiger partial charge in [0.15, 0.2) is 0 Å². The second-order valence-corrected chi connectivity index (χ2v) is 9.23. The zero-order valence-corrected chi connectivity index (χ0v) is 12.8. The van der Waals surface area contributed by atoms with Gasteiger partial charge in [-0.05, 0) is 42.9 Å². The molecule has 1 aromatic rings. The molecule has 18 heavy (non-hydrogen) atoms. The molecule has 0 saturated heterocycles. The van der Waals surface area contributed by atoms with Crippen molar-refractivity contribution in [3.8, 4) is 0 Å². The normalized spacial score (nSPS) is 24.2. The lowest BCUT2D eigenvalue weighted by Gasteiger charge is -2.40. The Bertz CT molecular complexity index is 475.